The van der Waals surface area contributed by atoms with Gasteiger partial charge in [0.1, 0.15) is 18.1 Å². The summed E-state index contributed by atoms with van der Waals surface area (Å²) < 4.78 is 11.4. The summed E-state index contributed by atoms with van der Waals surface area (Å²) in [4.78, 5) is 11.3. The first-order valence-corrected chi connectivity index (χ1v) is 9.28. The fraction of sp³-hybridized carbons (Fsp3) is 0.500. The van der Waals surface area contributed by atoms with Crippen molar-refractivity contribution >= 4 is 5.95 Å². The fourth-order valence-electron chi connectivity index (χ4n) is 4.31. The average Bonchev–Trinajstić information content (AvgIpc) is 3.29. The molecule has 0 spiro atoms. The second-order valence-corrected chi connectivity index (χ2v) is 7.12. The van der Waals surface area contributed by atoms with E-state index in [4.69, 9.17) is 9.47 Å². The van der Waals surface area contributed by atoms with Crippen molar-refractivity contribution < 1.29 is 9.47 Å². The molecule has 0 amide bonds. The van der Waals surface area contributed by atoms with E-state index in [2.05, 4.69) is 20.2 Å². The lowest BCUT2D eigenvalue weighted by Gasteiger charge is -2.35. The molecule has 2 fully saturated rings. The number of anilines is 1. The quantitative estimate of drug-likeness (QED) is 0.825. The highest BCUT2D eigenvalue weighted by Gasteiger charge is 2.45. The van der Waals surface area contributed by atoms with Gasteiger partial charge in [0.05, 0.1) is 7.11 Å². The van der Waals surface area contributed by atoms with Gasteiger partial charge in [0, 0.05) is 49.7 Å². The average molecular weight is 354 g/mol. The third-order valence-electron chi connectivity index (χ3n) is 5.64. The number of nitrogens with one attached hydrogen (secondary N) is 1. The van der Waals surface area contributed by atoms with Crippen molar-refractivity contribution in [3.8, 4) is 11.5 Å². The van der Waals surface area contributed by atoms with Gasteiger partial charge in [0.15, 0.2) is 0 Å². The molecule has 1 saturated heterocycles. The normalized spacial score (nSPS) is 24.6. The van der Waals surface area contributed by atoms with Crippen molar-refractivity contribution in [3.05, 3.63) is 42.2 Å². The third kappa shape index (κ3) is 3.46. The van der Waals surface area contributed by atoms with E-state index in [-0.39, 0.29) is 0 Å². The van der Waals surface area contributed by atoms with Gasteiger partial charge < -0.3 is 14.8 Å². The van der Waals surface area contributed by atoms with E-state index < -0.39 is 0 Å². The molecule has 1 aromatic carbocycles. The number of aromatic nitrogens is 2. The lowest BCUT2D eigenvalue weighted by atomic mass is 9.99. The van der Waals surface area contributed by atoms with Crippen LogP contribution >= 0.6 is 0 Å². The Labute approximate surface area is 154 Å². The van der Waals surface area contributed by atoms with Gasteiger partial charge in [-0.2, -0.15) is 0 Å². The smallest absolute Gasteiger partial charge is 0.222 e. The topological polar surface area (TPSA) is 59.5 Å². The second kappa shape index (κ2) is 7.50. The van der Waals surface area contributed by atoms with E-state index in [1.807, 2.05) is 43.7 Å². The maximum absolute atomic E-state index is 6.13. The minimum atomic E-state index is 0.448. The van der Waals surface area contributed by atoms with Crippen LogP contribution in [-0.4, -0.2) is 47.7 Å². The van der Waals surface area contributed by atoms with Crippen LogP contribution in [0.2, 0.25) is 0 Å². The van der Waals surface area contributed by atoms with Crippen LogP contribution in [0.3, 0.4) is 0 Å². The van der Waals surface area contributed by atoms with Crippen LogP contribution in [0, 0.1) is 5.92 Å². The number of rotatable bonds is 7. The second-order valence-electron chi connectivity index (χ2n) is 7.12. The molecule has 4 rings (SSSR count). The molecular weight excluding hydrogens is 328 g/mol. The standard InChI is InChI=1S/C20H26N4O2/c1-21-20-22-10-14(11-23-20)12-24-16-7-6-15(8-16)19(24)13-26-18-5-3-4-17(9-18)25-2/h3-5,9-11,15-16,19H,6-8,12-13H2,1-2H3,(H,21,22,23)/t15-,16+,19+/m0/s1. The molecule has 26 heavy (non-hydrogen) atoms. The number of likely N-dealkylation sites (tertiary alicyclic amines) is 1. The first-order chi connectivity index (χ1) is 12.8. The maximum Gasteiger partial charge on any atom is 0.222 e. The zero-order valence-electron chi connectivity index (χ0n) is 15.4. The summed E-state index contributed by atoms with van der Waals surface area (Å²) in [7, 11) is 3.51. The van der Waals surface area contributed by atoms with Gasteiger partial charge in [-0.25, -0.2) is 9.97 Å². The molecule has 2 aliphatic rings. The number of hydrogen-bond acceptors (Lipinski definition) is 6. The first-order valence-electron chi connectivity index (χ1n) is 9.28. The molecule has 1 saturated carbocycles. The van der Waals surface area contributed by atoms with E-state index in [0.717, 1.165) is 29.5 Å². The summed E-state index contributed by atoms with van der Waals surface area (Å²) in [5.41, 5.74) is 1.16. The lowest BCUT2D eigenvalue weighted by Crippen LogP contribution is -2.43. The predicted octanol–water partition coefficient (Wildman–Crippen LogP) is 2.96. The number of piperidine rings is 1. The summed E-state index contributed by atoms with van der Waals surface area (Å²) in [5, 5.41) is 2.97. The Bertz CT molecular complexity index is 737. The Balaban J connectivity index is 1.43. The van der Waals surface area contributed by atoms with Gasteiger partial charge in [-0.1, -0.05) is 6.07 Å². The highest BCUT2D eigenvalue weighted by Crippen LogP contribution is 2.43. The summed E-state index contributed by atoms with van der Waals surface area (Å²) in [6, 6.07) is 8.94. The van der Waals surface area contributed by atoms with Gasteiger partial charge in [-0.15, -0.1) is 0 Å². The number of nitrogens with zero attached hydrogens (tertiary/aromatic N) is 3. The minimum absolute atomic E-state index is 0.448. The van der Waals surface area contributed by atoms with Crippen molar-refractivity contribution in [1.82, 2.24) is 14.9 Å². The summed E-state index contributed by atoms with van der Waals surface area (Å²) in [5.74, 6) is 3.08. The number of benzene rings is 1. The molecule has 0 unspecified atom stereocenters. The minimum Gasteiger partial charge on any atom is -0.497 e. The van der Waals surface area contributed by atoms with E-state index >= 15 is 0 Å². The number of ether oxygens (including phenoxy) is 2. The monoisotopic (exact) mass is 354 g/mol. The molecule has 1 aliphatic carbocycles. The van der Waals surface area contributed by atoms with E-state index in [1.165, 1.54) is 19.3 Å². The molecule has 6 nitrogen and oxygen atoms in total. The maximum atomic E-state index is 6.13. The molecule has 2 aromatic rings. The van der Waals surface area contributed by atoms with Crippen LogP contribution in [-0.2, 0) is 6.54 Å². The molecule has 6 heteroatoms. The predicted molar refractivity (Wildman–Crippen MR) is 101 cm³/mol. The summed E-state index contributed by atoms with van der Waals surface area (Å²) >= 11 is 0. The number of hydrogen-bond donors (Lipinski definition) is 1. The molecule has 3 atom stereocenters. The Hall–Kier alpha value is -2.34. The fourth-order valence-corrected chi connectivity index (χ4v) is 4.31. The Kier molecular flexibility index (Phi) is 4.93. The van der Waals surface area contributed by atoms with Crippen LogP contribution in [0.1, 0.15) is 24.8 Å². The van der Waals surface area contributed by atoms with Gasteiger partial charge in [-0.3, -0.25) is 4.90 Å². The Morgan fingerprint density at radius 2 is 2.00 bits per heavy atom. The molecule has 1 N–H and O–H groups in total. The third-order valence-corrected chi connectivity index (χ3v) is 5.64. The zero-order chi connectivity index (χ0) is 17.9. The Morgan fingerprint density at radius 3 is 2.77 bits per heavy atom. The van der Waals surface area contributed by atoms with Crippen molar-refractivity contribution in [3.63, 3.8) is 0 Å². The molecule has 1 aromatic heterocycles. The first kappa shape index (κ1) is 17.1. The summed E-state index contributed by atoms with van der Waals surface area (Å²) in [6.07, 6.45) is 7.72. The molecule has 1 aliphatic heterocycles. The largest absolute Gasteiger partial charge is 0.497 e. The van der Waals surface area contributed by atoms with Crippen molar-refractivity contribution in [2.45, 2.75) is 37.9 Å². The highest BCUT2D eigenvalue weighted by atomic mass is 16.5. The number of methoxy groups -OCH3 is 1. The van der Waals surface area contributed by atoms with Crippen LogP contribution in [0.5, 0.6) is 11.5 Å². The van der Waals surface area contributed by atoms with E-state index in [0.29, 0.717) is 24.6 Å². The molecule has 0 radical (unpaired) electrons. The van der Waals surface area contributed by atoms with Gasteiger partial charge >= 0.3 is 0 Å². The molecule has 2 heterocycles. The van der Waals surface area contributed by atoms with Gasteiger partial charge in [0.2, 0.25) is 5.95 Å². The highest BCUT2D eigenvalue weighted by molar-refractivity contribution is 5.33. The number of fused-ring (bicyclic) bond motifs is 2. The van der Waals surface area contributed by atoms with Gasteiger partial charge in [-0.05, 0) is 37.3 Å². The Morgan fingerprint density at radius 1 is 1.19 bits per heavy atom. The van der Waals surface area contributed by atoms with Crippen molar-refractivity contribution in [1.29, 1.82) is 0 Å². The van der Waals surface area contributed by atoms with Crippen LogP contribution in [0.15, 0.2) is 36.7 Å². The van der Waals surface area contributed by atoms with Gasteiger partial charge in [0.25, 0.3) is 0 Å². The molecule has 138 valence electrons. The van der Waals surface area contributed by atoms with Crippen LogP contribution < -0.4 is 14.8 Å². The SMILES string of the molecule is CNc1ncc(CN2[C@@H]3CC[C@@H](C3)[C@H]2COc2cccc(OC)c2)cn1. The van der Waals surface area contributed by atoms with Crippen LogP contribution in [0.25, 0.3) is 0 Å². The van der Waals surface area contributed by atoms with Crippen LogP contribution in [0.4, 0.5) is 5.95 Å². The summed E-state index contributed by atoms with van der Waals surface area (Å²) in [6.45, 7) is 1.60. The molecule has 2 bridgehead atoms. The zero-order valence-corrected chi connectivity index (χ0v) is 15.4. The van der Waals surface area contributed by atoms with Crippen molar-refractivity contribution in [2.75, 3.05) is 26.1 Å². The van der Waals surface area contributed by atoms with Crippen molar-refractivity contribution in [2.24, 2.45) is 5.92 Å². The molecular formula is C20H26N4O2. The lowest BCUT2D eigenvalue weighted by molar-refractivity contribution is 0.0865. The van der Waals surface area contributed by atoms with E-state index in [1.54, 1.807) is 7.11 Å². The van der Waals surface area contributed by atoms with E-state index in [9.17, 15) is 0 Å².